The quantitative estimate of drug-likeness (QED) is 0.509. The van der Waals surface area contributed by atoms with Gasteiger partial charge in [0, 0.05) is 65.1 Å². The Bertz CT molecular complexity index is 950. The van der Waals surface area contributed by atoms with Crippen LogP contribution >= 0.6 is 0 Å². The van der Waals surface area contributed by atoms with Crippen molar-refractivity contribution in [1.82, 2.24) is 24.5 Å². The topological polar surface area (TPSA) is 48.2 Å². The Morgan fingerprint density at radius 1 is 1.07 bits per heavy atom. The van der Waals surface area contributed by atoms with Crippen LogP contribution in [0.5, 0.6) is 0 Å². The Labute approximate surface area is 178 Å². The highest BCUT2D eigenvalue weighted by Crippen LogP contribution is 2.06. The number of imidazole rings is 1. The van der Waals surface area contributed by atoms with Crippen LogP contribution in [0.2, 0.25) is 0 Å². The third-order valence-electron chi connectivity index (χ3n) is 5.44. The largest absolute Gasteiger partial charge is 0.356 e. The number of nitrogens with zero attached hydrogens (tertiary/aromatic N) is 5. The molecule has 30 heavy (non-hydrogen) atoms. The third kappa shape index (κ3) is 5.27. The van der Waals surface area contributed by atoms with E-state index in [0.29, 0.717) is 0 Å². The molecule has 0 atom stereocenters. The first kappa shape index (κ1) is 20.2. The Hall–Kier alpha value is -3.12. The van der Waals surface area contributed by atoms with Crippen LogP contribution in [0.4, 0.5) is 0 Å². The third-order valence-corrected chi connectivity index (χ3v) is 5.44. The van der Waals surface area contributed by atoms with E-state index in [0.717, 1.165) is 63.0 Å². The van der Waals surface area contributed by atoms with Crippen LogP contribution in [-0.4, -0.2) is 71.5 Å². The smallest absolute Gasteiger partial charge is 0.193 e. The van der Waals surface area contributed by atoms with Crippen LogP contribution in [0.25, 0.3) is 11.7 Å². The fraction of sp³-hybridized carbons (Fsp3) is 0.333. The second kappa shape index (κ2) is 10.1. The summed E-state index contributed by atoms with van der Waals surface area (Å²) in [7, 11) is 1.86. The van der Waals surface area contributed by atoms with Crippen molar-refractivity contribution >= 4 is 17.7 Å². The summed E-state index contributed by atoms with van der Waals surface area (Å²) in [5.41, 5.74) is 3.35. The zero-order chi connectivity index (χ0) is 20.6. The molecule has 0 saturated carbocycles. The Morgan fingerprint density at radius 3 is 2.63 bits per heavy atom. The predicted octanol–water partition coefficient (Wildman–Crippen LogP) is 2.78. The Balaban J connectivity index is 1.20. The predicted molar refractivity (Wildman–Crippen MR) is 124 cm³/mol. The summed E-state index contributed by atoms with van der Waals surface area (Å²) < 4.78 is 2.07. The lowest BCUT2D eigenvalue weighted by atomic mass is 10.2. The molecular formula is C24H30N6. The molecule has 1 aliphatic heterocycles. The maximum absolute atomic E-state index is 4.66. The number of hydrogen-bond donors (Lipinski definition) is 1. The fourth-order valence-electron chi connectivity index (χ4n) is 3.79. The summed E-state index contributed by atoms with van der Waals surface area (Å²) in [6.07, 6.45) is 9.47. The molecule has 3 heterocycles. The summed E-state index contributed by atoms with van der Waals surface area (Å²) in [5.74, 6) is 0.984. The van der Waals surface area contributed by atoms with Crippen molar-refractivity contribution in [2.45, 2.75) is 6.42 Å². The average molecular weight is 403 g/mol. The second-order valence-corrected chi connectivity index (χ2v) is 7.52. The Kier molecular flexibility index (Phi) is 6.77. The minimum atomic E-state index is 0.830. The lowest BCUT2D eigenvalue weighted by Gasteiger charge is -2.36. The van der Waals surface area contributed by atoms with Gasteiger partial charge in [-0.3, -0.25) is 9.89 Å². The van der Waals surface area contributed by atoms with E-state index in [1.54, 1.807) is 0 Å². The van der Waals surface area contributed by atoms with E-state index in [1.807, 2.05) is 31.4 Å². The van der Waals surface area contributed by atoms with E-state index in [1.165, 1.54) is 5.56 Å². The molecule has 1 fully saturated rings. The van der Waals surface area contributed by atoms with E-state index in [2.05, 4.69) is 78.2 Å². The van der Waals surface area contributed by atoms with Crippen LogP contribution in [-0.2, 0) is 6.42 Å². The lowest BCUT2D eigenvalue weighted by molar-refractivity contribution is 0.194. The number of benzene rings is 1. The zero-order valence-corrected chi connectivity index (χ0v) is 17.6. The Morgan fingerprint density at radius 2 is 1.87 bits per heavy atom. The summed E-state index contributed by atoms with van der Waals surface area (Å²) in [5, 5.41) is 3.51. The molecule has 0 amide bonds. The highest BCUT2D eigenvalue weighted by molar-refractivity contribution is 5.80. The number of nitrogens with one attached hydrogen (secondary N) is 1. The van der Waals surface area contributed by atoms with Gasteiger partial charge in [0.2, 0.25) is 0 Å². The first-order valence-electron chi connectivity index (χ1n) is 10.6. The van der Waals surface area contributed by atoms with Gasteiger partial charge in [0.05, 0.1) is 5.69 Å². The van der Waals surface area contributed by atoms with Gasteiger partial charge in [0.15, 0.2) is 5.96 Å². The minimum absolute atomic E-state index is 0.830. The van der Waals surface area contributed by atoms with E-state index in [-0.39, 0.29) is 0 Å². The number of aliphatic imine (C=N–C) groups is 1. The molecule has 0 spiro atoms. The highest BCUT2D eigenvalue weighted by Gasteiger charge is 2.18. The maximum Gasteiger partial charge on any atom is 0.193 e. The molecule has 156 valence electrons. The van der Waals surface area contributed by atoms with Gasteiger partial charge < -0.3 is 14.6 Å². The molecule has 1 aliphatic rings. The monoisotopic (exact) mass is 402 g/mol. The molecule has 2 aromatic heterocycles. The molecule has 1 N–H and O–H groups in total. The van der Waals surface area contributed by atoms with Crippen molar-refractivity contribution in [3.8, 4) is 0 Å². The number of piperazine rings is 1. The number of pyridine rings is 1. The molecule has 0 bridgehead atoms. The second-order valence-electron chi connectivity index (χ2n) is 7.52. The number of fused-ring (bicyclic) bond motifs is 1. The molecule has 3 aromatic rings. The number of rotatable bonds is 6. The summed E-state index contributed by atoms with van der Waals surface area (Å²) in [6.45, 7) is 5.90. The summed E-state index contributed by atoms with van der Waals surface area (Å²) in [6, 6.07) is 16.5. The normalized spacial score (nSPS) is 15.9. The average Bonchev–Trinajstić information content (AvgIpc) is 3.21. The molecule has 1 aromatic carbocycles. The number of aromatic nitrogens is 2. The molecule has 4 rings (SSSR count). The standard InChI is InChI=1S/C24H30N6/c1-25-24(26-13-12-22-20-30-15-6-5-11-23(30)27-22)29-18-16-28(17-19-29)14-7-10-21-8-3-2-4-9-21/h2-11,15,20H,12-14,16-19H2,1H3,(H,25,26)/b10-7+. The van der Waals surface area contributed by atoms with Crippen LogP contribution in [0, 0.1) is 0 Å². The van der Waals surface area contributed by atoms with Gasteiger partial charge in [-0.1, -0.05) is 48.6 Å². The summed E-state index contributed by atoms with van der Waals surface area (Å²) in [4.78, 5) is 14.0. The highest BCUT2D eigenvalue weighted by atomic mass is 15.3. The van der Waals surface area contributed by atoms with Crippen molar-refractivity contribution < 1.29 is 0 Å². The van der Waals surface area contributed by atoms with Crippen molar-refractivity contribution in [2.75, 3.05) is 46.3 Å². The van der Waals surface area contributed by atoms with Crippen LogP contribution in [0.15, 0.2) is 72.0 Å². The first-order chi connectivity index (χ1) is 14.8. The maximum atomic E-state index is 4.66. The molecule has 0 aliphatic carbocycles. The van der Waals surface area contributed by atoms with Gasteiger partial charge in [0.1, 0.15) is 5.65 Å². The molecular weight excluding hydrogens is 372 g/mol. The van der Waals surface area contributed by atoms with Crippen molar-refractivity contribution in [1.29, 1.82) is 0 Å². The van der Waals surface area contributed by atoms with Crippen molar-refractivity contribution in [2.24, 2.45) is 4.99 Å². The SMILES string of the molecule is CN=C(NCCc1cn2ccccc2n1)N1CCN(C/C=C/c2ccccc2)CC1. The first-order valence-corrected chi connectivity index (χ1v) is 10.6. The number of hydrogen-bond acceptors (Lipinski definition) is 3. The fourth-order valence-corrected chi connectivity index (χ4v) is 3.79. The zero-order valence-electron chi connectivity index (χ0n) is 17.6. The van der Waals surface area contributed by atoms with Crippen LogP contribution < -0.4 is 5.32 Å². The lowest BCUT2D eigenvalue weighted by Crippen LogP contribution is -2.52. The summed E-state index contributed by atoms with van der Waals surface area (Å²) >= 11 is 0. The minimum Gasteiger partial charge on any atom is -0.356 e. The number of guanidine groups is 1. The molecule has 6 nitrogen and oxygen atoms in total. The van der Waals surface area contributed by atoms with Gasteiger partial charge in [-0.2, -0.15) is 0 Å². The van der Waals surface area contributed by atoms with E-state index >= 15 is 0 Å². The van der Waals surface area contributed by atoms with Gasteiger partial charge in [-0.05, 0) is 17.7 Å². The molecule has 1 saturated heterocycles. The van der Waals surface area contributed by atoms with Crippen LogP contribution in [0.1, 0.15) is 11.3 Å². The van der Waals surface area contributed by atoms with Crippen molar-refractivity contribution in [3.63, 3.8) is 0 Å². The van der Waals surface area contributed by atoms with Crippen molar-refractivity contribution in [3.05, 3.63) is 78.3 Å². The van der Waals surface area contributed by atoms with Gasteiger partial charge >= 0.3 is 0 Å². The molecule has 0 unspecified atom stereocenters. The van der Waals surface area contributed by atoms with Gasteiger partial charge in [-0.15, -0.1) is 0 Å². The van der Waals surface area contributed by atoms with Gasteiger partial charge in [-0.25, -0.2) is 4.98 Å². The van der Waals surface area contributed by atoms with E-state index in [9.17, 15) is 0 Å². The van der Waals surface area contributed by atoms with Crippen LogP contribution in [0.3, 0.4) is 0 Å². The van der Waals surface area contributed by atoms with Gasteiger partial charge in [0.25, 0.3) is 0 Å². The van der Waals surface area contributed by atoms with E-state index in [4.69, 9.17) is 0 Å². The molecule has 0 radical (unpaired) electrons. The molecule has 6 heteroatoms. The van der Waals surface area contributed by atoms with E-state index < -0.39 is 0 Å².